The molecule has 154 valence electrons. The summed E-state index contributed by atoms with van der Waals surface area (Å²) in [5, 5.41) is 7.06. The van der Waals surface area contributed by atoms with Gasteiger partial charge in [0.1, 0.15) is 5.76 Å². The van der Waals surface area contributed by atoms with Gasteiger partial charge >= 0.3 is 0 Å². The number of nitrogens with one attached hydrogen (secondary N) is 2. The van der Waals surface area contributed by atoms with E-state index in [2.05, 4.69) is 38.5 Å². The summed E-state index contributed by atoms with van der Waals surface area (Å²) in [5.74, 6) is 2.69. The Morgan fingerprint density at radius 3 is 2.56 bits per heavy atom. The fourth-order valence-electron chi connectivity index (χ4n) is 4.04. The van der Waals surface area contributed by atoms with Gasteiger partial charge in [-0.05, 0) is 77.0 Å². The predicted octanol–water partition coefficient (Wildman–Crippen LogP) is 2.93. The molecule has 0 amide bonds. The topological polar surface area (TPSA) is 56.0 Å². The molecule has 0 bridgehead atoms. The van der Waals surface area contributed by atoms with Crippen molar-refractivity contribution in [2.24, 2.45) is 10.9 Å². The number of hydrogen-bond donors (Lipinski definition) is 2. The molecular formula is C20H36IN5O. The highest BCUT2D eigenvalue weighted by molar-refractivity contribution is 14.0. The van der Waals surface area contributed by atoms with Crippen LogP contribution in [-0.2, 0) is 0 Å². The van der Waals surface area contributed by atoms with E-state index in [-0.39, 0.29) is 30.0 Å². The van der Waals surface area contributed by atoms with Gasteiger partial charge in [0.15, 0.2) is 5.96 Å². The van der Waals surface area contributed by atoms with Crippen molar-refractivity contribution in [3.8, 4) is 0 Å². The second kappa shape index (κ2) is 11.9. The monoisotopic (exact) mass is 489 g/mol. The molecule has 2 aliphatic heterocycles. The number of guanidine groups is 1. The van der Waals surface area contributed by atoms with Crippen LogP contribution in [0, 0.1) is 5.92 Å². The lowest BCUT2D eigenvalue weighted by molar-refractivity contribution is 0.146. The molecule has 3 heterocycles. The Kier molecular flexibility index (Phi) is 9.92. The maximum absolute atomic E-state index is 5.73. The molecule has 2 saturated heterocycles. The first kappa shape index (κ1) is 22.5. The predicted molar refractivity (Wildman–Crippen MR) is 122 cm³/mol. The summed E-state index contributed by atoms with van der Waals surface area (Å²) < 4.78 is 5.73. The van der Waals surface area contributed by atoms with Gasteiger partial charge < -0.3 is 20.0 Å². The van der Waals surface area contributed by atoms with E-state index in [4.69, 9.17) is 4.42 Å². The molecule has 1 unspecified atom stereocenters. The van der Waals surface area contributed by atoms with Gasteiger partial charge in [-0.15, -0.1) is 24.0 Å². The summed E-state index contributed by atoms with van der Waals surface area (Å²) in [6.07, 6.45) is 8.21. The number of furan rings is 1. The Morgan fingerprint density at radius 2 is 1.93 bits per heavy atom. The maximum Gasteiger partial charge on any atom is 0.191 e. The summed E-state index contributed by atoms with van der Waals surface area (Å²) in [5.41, 5.74) is 0. The molecule has 2 aliphatic rings. The lowest BCUT2D eigenvalue weighted by Gasteiger charge is -2.34. The molecule has 1 aromatic heterocycles. The second-order valence-corrected chi connectivity index (χ2v) is 7.71. The van der Waals surface area contributed by atoms with E-state index in [9.17, 15) is 0 Å². The minimum absolute atomic E-state index is 0. The van der Waals surface area contributed by atoms with E-state index in [1.165, 1.54) is 45.2 Å². The van der Waals surface area contributed by atoms with Crippen molar-refractivity contribution in [1.82, 2.24) is 20.4 Å². The molecule has 1 atom stereocenters. The third-order valence-electron chi connectivity index (χ3n) is 5.79. The van der Waals surface area contributed by atoms with Crippen molar-refractivity contribution < 1.29 is 4.42 Å². The highest BCUT2D eigenvalue weighted by Crippen LogP contribution is 2.24. The zero-order valence-electron chi connectivity index (χ0n) is 16.8. The van der Waals surface area contributed by atoms with Crippen molar-refractivity contribution in [2.45, 2.75) is 38.1 Å². The Bertz CT molecular complexity index is 537. The zero-order chi connectivity index (χ0) is 18.2. The molecule has 6 nitrogen and oxygen atoms in total. The summed E-state index contributed by atoms with van der Waals surface area (Å²) in [7, 11) is 4.06. The number of halogens is 1. The summed E-state index contributed by atoms with van der Waals surface area (Å²) in [6, 6.07) is 4.35. The molecule has 7 heteroatoms. The highest BCUT2D eigenvalue weighted by Gasteiger charge is 2.24. The van der Waals surface area contributed by atoms with Crippen molar-refractivity contribution in [3.05, 3.63) is 24.2 Å². The Balaban J connectivity index is 0.00000261. The van der Waals surface area contributed by atoms with Crippen LogP contribution >= 0.6 is 24.0 Å². The minimum Gasteiger partial charge on any atom is -0.468 e. The van der Waals surface area contributed by atoms with Gasteiger partial charge in [-0.3, -0.25) is 9.89 Å². The molecule has 2 fully saturated rings. The van der Waals surface area contributed by atoms with E-state index in [0.717, 1.165) is 43.8 Å². The molecule has 1 aromatic rings. The molecule has 3 rings (SSSR count). The third kappa shape index (κ3) is 6.94. The third-order valence-corrected chi connectivity index (χ3v) is 5.79. The van der Waals surface area contributed by atoms with Gasteiger partial charge in [0.05, 0.1) is 12.3 Å². The van der Waals surface area contributed by atoms with Gasteiger partial charge in [0.2, 0.25) is 0 Å². The standard InChI is InChI=1S/C20H35N5O.HI/c1-21-20(22-15-17-8-12-24(2)13-9-17)23-16-18(19-7-6-14-26-19)25-10-4-3-5-11-25;/h6-7,14,17-18H,3-5,8-13,15-16H2,1-2H3,(H2,21,22,23);1H. The first-order valence-corrected chi connectivity index (χ1v) is 10.2. The van der Waals surface area contributed by atoms with Gasteiger partial charge in [-0.2, -0.15) is 0 Å². The molecule has 0 saturated carbocycles. The lowest BCUT2D eigenvalue weighted by Crippen LogP contribution is -2.46. The van der Waals surface area contributed by atoms with Crippen LogP contribution in [-0.4, -0.2) is 69.1 Å². The van der Waals surface area contributed by atoms with Crippen molar-refractivity contribution in [2.75, 3.05) is 53.4 Å². The van der Waals surface area contributed by atoms with E-state index in [1.54, 1.807) is 6.26 Å². The van der Waals surface area contributed by atoms with Gasteiger partial charge in [-0.1, -0.05) is 6.42 Å². The summed E-state index contributed by atoms with van der Waals surface area (Å²) in [6.45, 7) is 6.52. The summed E-state index contributed by atoms with van der Waals surface area (Å²) in [4.78, 5) is 9.37. The smallest absolute Gasteiger partial charge is 0.191 e. The molecule has 0 spiro atoms. The maximum atomic E-state index is 5.73. The number of rotatable bonds is 6. The molecular weight excluding hydrogens is 453 g/mol. The number of likely N-dealkylation sites (tertiary alicyclic amines) is 2. The Hall–Kier alpha value is -0.800. The summed E-state index contributed by atoms with van der Waals surface area (Å²) >= 11 is 0. The van der Waals surface area contributed by atoms with E-state index in [1.807, 2.05) is 13.1 Å². The van der Waals surface area contributed by atoms with E-state index >= 15 is 0 Å². The van der Waals surface area contributed by atoms with Crippen LogP contribution in [0.2, 0.25) is 0 Å². The van der Waals surface area contributed by atoms with Crippen molar-refractivity contribution in [3.63, 3.8) is 0 Å². The van der Waals surface area contributed by atoms with Crippen molar-refractivity contribution in [1.29, 1.82) is 0 Å². The lowest BCUT2D eigenvalue weighted by atomic mass is 9.97. The zero-order valence-corrected chi connectivity index (χ0v) is 19.2. The van der Waals surface area contributed by atoms with Crippen LogP contribution < -0.4 is 10.6 Å². The first-order chi connectivity index (χ1) is 12.8. The first-order valence-electron chi connectivity index (χ1n) is 10.2. The SMILES string of the molecule is CN=C(NCC1CCN(C)CC1)NCC(c1ccco1)N1CCCCC1.I. The molecule has 27 heavy (non-hydrogen) atoms. The Morgan fingerprint density at radius 1 is 1.19 bits per heavy atom. The quantitative estimate of drug-likeness (QED) is 0.366. The van der Waals surface area contributed by atoms with Gasteiger partial charge in [-0.25, -0.2) is 0 Å². The minimum atomic E-state index is 0. The van der Waals surface area contributed by atoms with Crippen LogP contribution in [0.3, 0.4) is 0 Å². The second-order valence-electron chi connectivity index (χ2n) is 7.71. The average Bonchev–Trinajstić information content (AvgIpc) is 3.21. The molecule has 0 aromatic carbocycles. The van der Waals surface area contributed by atoms with Gasteiger partial charge in [0.25, 0.3) is 0 Å². The molecule has 2 N–H and O–H groups in total. The number of aliphatic imine (C=N–C) groups is 1. The van der Waals surface area contributed by atoms with Crippen LogP contribution in [0.25, 0.3) is 0 Å². The molecule has 0 radical (unpaired) electrons. The van der Waals surface area contributed by atoms with Crippen LogP contribution in [0.5, 0.6) is 0 Å². The van der Waals surface area contributed by atoms with Crippen LogP contribution in [0.1, 0.15) is 43.9 Å². The largest absolute Gasteiger partial charge is 0.468 e. The highest BCUT2D eigenvalue weighted by atomic mass is 127. The number of piperidine rings is 2. The van der Waals surface area contributed by atoms with Crippen LogP contribution in [0.4, 0.5) is 0 Å². The molecule has 0 aliphatic carbocycles. The normalized spacial score (nSPS) is 21.5. The van der Waals surface area contributed by atoms with Crippen LogP contribution in [0.15, 0.2) is 27.8 Å². The number of nitrogens with zero attached hydrogens (tertiary/aromatic N) is 3. The Labute approximate surface area is 181 Å². The average molecular weight is 489 g/mol. The number of hydrogen-bond acceptors (Lipinski definition) is 4. The van der Waals surface area contributed by atoms with Gasteiger partial charge in [0, 0.05) is 20.1 Å². The van der Waals surface area contributed by atoms with E-state index < -0.39 is 0 Å². The van der Waals surface area contributed by atoms with Crippen molar-refractivity contribution >= 4 is 29.9 Å². The fourth-order valence-corrected chi connectivity index (χ4v) is 4.04. The fraction of sp³-hybridized carbons (Fsp3) is 0.750. The van der Waals surface area contributed by atoms with E-state index in [0.29, 0.717) is 0 Å².